The van der Waals surface area contributed by atoms with Crippen LogP contribution in [0.4, 0.5) is 4.79 Å². The summed E-state index contributed by atoms with van der Waals surface area (Å²) in [6, 6.07) is 21.3. The smallest absolute Gasteiger partial charge is 0.426 e. The molecule has 0 aromatic heterocycles. The Labute approximate surface area is 138 Å². The minimum absolute atomic E-state index is 0.0451. The van der Waals surface area contributed by atoms with Gasteiger partial charge in [-0.25, -0.2) is 4.79 Å². The largest absolute Gasteiger partial charge is 0.509 e. The number of fused-ring (bicyclic) bond motifs is 1. The Morgan fingerprint density at radius 1 is 0.667 bits per heavy atom. The van der Waals surface area contributed by atoms with Gasteiger partial charge in [0, 0.05) is 0 Å². The third-order valence-electron chi connectivity index (χ3n) is 5.76. The first-order chi connectivity index (χ1) is 11.8. The van der Waals surface area contributed by atoms with Gasteiger partial charge in [0.1, 0.15) is 0 Å². The van der Waals surface area contributed by atoms with Crippen LogP contribution < -0.4 is 0 Å². The van der Waals surface area contributed by atoms with Gasteiger partial charge in [-0.1, -0.05) is 60.7 Å². The van der Waals surface area contributed by atoms with E-state index in [1.807, 2.05) is 0 Å². The highest BCUT2D eigenvalue weighted by molar-refractivity contribution is 5.90. The molecule has 4 aliphatic rings. The molecule has 3 aliphatic carbocycles. The normalized spacial score (nSPS) is 28.8. The summed E-state index contributed by atoms with van der Waals surface area (Å²) in [5.41, 5.74) is 5.11. The average Bonchev–Trinajstić information content (AvgIpc) is 3.02. The van der Waals surface area contributed by atoms with E-state index in [9.17, 15) is 4.79 Å². The summed E-state index contributed by atoms with van der Waals surface area (Å²) in [7, 11) is 0. The highest BCUT2D eigenvalue weighted by Gasteiger charge is 2.57. The van der Waals surface area contributed by atoms with Crippen LogP contribution in [-0.4, -0.2) is 18.4 Å². The van der Waals surface area contributed by atoms with Crippen LogP contribution in [0.25, 0.3) is 10.8 Å². The standard InChI is InChI=1S/C21H14O3/c22-21-23-19-17-13-7-3-4-8-14(13)18(20(19)24-21)16-12-6-2-1-5-11(12)9-10-15(16)17/h1-10,17-20H. The summed E-state index contributed by atoms with van der Waals surface area (Å²) in [6.45, 7) is 0. The van der Waals surface area contributed by atoms with Crippen LogP contribution in [0.1, 0.15) is 34.1 Å². The van der Waals surface area contributed by atoms with Crippen molar-refractivity contribution in [1.29, 1.82) is 0 Å². The van der Waals surface area contributed by atoms with Crippen LogP contribution in [0, 0.1) is 0 Å². The maximum atomic E-state index is 11.8. The molecule has 1 heterocycles. The summed E-state index contributed by atoms with van der Waals surface area (Å²) in [6.07, 6.45) is -0.980. The second-order valence-corrected chi connectivity index (χ2v) is 6.79. The zero-order valence-corrected chi connectivity index (χ0v) is 12.8. The van der Waals surface area contributed by atoms with Crippen LogP contribution in [0.15, 0.2) is 60.7 Å². The highest BCUT2D eigenvalue weighted by atomic mass is 16.8. The molecule has 0 N–H and O–H groups in total. The Morgan fingerprint density at radius 2 is 1.33 bits per heavy atom. The second kappa shape index (κ2) is 4.18. The fourth-order valence-electron chi connectivity index (χ4n) is 4.93. The molecular formula is C21H14O3. The number of benzene rings is 3. The third kappa shape index (κ3) is 1.37. The number of rotatable bonds is 0. The number of carbonyl (C=O) groups is 1. The zero-order valence-electron chi connectivity index (χ0n) is 12.8. The van der Waals surface area contributed by atoms with E-state index < -0.39 is 6.16 Å². The van der Waals surface area contributed by atoms with Crippen molar-refractivity contribution in [2.24, 2.45) is 0 Å². The fraction of sp³-hybridized carbons (Fsp3) is 0.190. The lowest BCUT2D eigenvalue weighted by Gasteiger charge is -2.45. The molecule has 1 aliphatic heterocycles. The monoisotopic (exact) mass is 314 g/mol. The lowest BCUT2D eigenvalue weighted by molar-refractivity contribution is 0.104. The van der Waals surface area contributed by atoms with E-state index in [2.05, 4.69) is 60.7 Å². The molecule has 1 fully saturated rings. The maximum absolute atomic E-state index is 11.8. The number of ether oxygens (including phenoxy) is 2. The van der Waals surface area contributed by atoms with Crippen LogP contribution in [0.3, 0.4) is 0 Å². The van der Waals surface area contributed by atoms with Crippen molar-refractivity contribution in [3.63, 3.8) is 0 Å². The van der Waals surface area contributed by atoms with Crippen molar-refractivity contribution in [3.8, 4) is 0 Å². The van der Waals surface area contributed by atoms with Gasteiger partial charge in [0.15, 0.2) is 12.2 Å². The summed E-state index contributed by atoms with van der Waals surface area (Å²) in [4.78, 5) is 11.8. The SMILES string of the molecule is O=C1OC2C3c4ccccc4C(c4c3ccc3ccccc43)C2O1. The van der Waals surface area contributed by atoms with Gasteiger partial charge in [0.2, 0.25) is 0 Å². The zero-order chi connectivity index (χ0) is 15.8. The first-order valence-electron chi connectivity index (χ1n) is 8.30. The van der Waals surface area contributed by atoms with Crippen molar-refractivity contribution in [3.05, 3.63) is 82.9 Å². The quantitative estimate of drug-likeness (QED) is 0.579. The third-order valence-corrected chi connectivity index (χ3v) is 5.76. The van der Waals surface area contributed by atoms with E-state index in [-0.39, 0.29) is 24.0 Å². The molecule has 4 unspecified atom stereocenters. The minimum Gasteiger partial charge on any atom is -0.426 e. The molecular weight excluding hydrogens is 300 g/mol. The van der Waals surface area contributed by atoms with Gasteiger partial charge in [-0.3, -0.25) is 0 Å². The lowest BCUT2D eigenvalue weighted by Crippen LogP contribution is -2.45. The summed E-state index contributed by atoms with van der Waals surface area (Å²) in [5.74, 6) is 0.103. The average molecular weight is 314 g/mol. The molecule has 3 aromatic carbocycles. The molecule has 2 bridgehead atoms. The first kappa shape index (κ1) is 12.6. The Morgan fingerprint density at radius 3 is 2.17 bits per heavy atom. The van der Waals surface area contributed by atoms with Crippen molar-refractivity contribution in [2.45, 2.75) is 24.0 Å². The van der Waals surface area contributed by atoms with Crippen LogP contribution in [-0.2, 0) is 9.47 Å². The predicted molar refractivity (Wildman–Crippen MR) is 89.2 cm³/mol. The van der Waals surface area contributed by atoms with Gasteiger partial charge in [-0.2, -0.15) is 0 Å². The molecule has 24 heavy (non-hydrogen) atoms. The first-order valence-corrected chi connectivity index (χ1v) is 8.30. The molecule has 3 heteroatoms. The lowest BCUT2D eigenvalue weighted by atomic mass is 9.60. The molecule has 0 radical (unpaired) electrons. The van der Waals surface area contributed by atoms with E-state index >= 15 is 0 Å². The number of hydrogen-bond donors (Lipinski definition) is 0. The molecule has 1 saturated heterocycles. The summed E-state index contributed by atoms with van der Waals surface area (Å²) in [5, 5.41) is 2.48. The van der Waals surface area contributed by atoms with Gasteiger partial charge in [0.05, 0.1) is 11.8 Å². The Kier molecular flexibility index (Phi) is 2.19. The van der Waals surface area contributed by atoms with Gasteiger partial charge in [0.25, 0.3) is 0 Å². The van der Waals surface area contributed by atoms with E-state index in [1.54, 1.807) is 0 Å². The fourth-order valence-corrected chi connectivity index (χ4v) is 4.93. The molecule has 0 amide bonds. The van der Waals surface area contributed by atoms with Crippen molar-refractivity contribution in [2.75, 3.05) is 0 Å². The Hall–Kier alpha value is -2.81. The predicted octanol–water partition coefficient (Wildman–Crippen LogP) is 4.33. The Bertz CT molecular complexity index is 1020. The minimum atomic E-state index is -0.537. The number of carbonyl (C=O) groups excluding carboxylic acids is 1. The molecule has 0 saturated carbocycles. The van der Waals surface area contributed by atoms with E-state index in [4.69, 9.17) is 9.47 Å². The van der Waals surface area contributed by atoms with E-state index in [0.717, 1.165) is 0 Å². The molecule has 4 atom stereocenters. The van der Waals surface area contributed by atoms with Crippen LogP contribution in [0.5, 0.6) is 0 Å². The van der Waals surface area contributed by atoms with Gasteiger partial charge >= 0.3 is 6.16 Å². The van der Waals surface area contributed by atoms with Gasteiger partial charge in [-0.15, -0.1) is 0 Å². The Balaban J connectivity index is 1.73. The molecule has 3 nitrogen and oxygen atoms in total. The van der Waals surface area contributed by atoms with E-state index in [0.29, 0.717) is 0 Å². The van der Waals surface area contributed by atoms with Crippen molar-refractivity contribution < 1.29 is 14.3 Å². The second-order valence-electron chi connectivity index (χ2n) is 6.79. The molecule has 7 rings (SSSR count). The van der Waals surface area contributed by atoms with Crippen LogP contribution in [0.2, 0.25) is 0 Å². The maximum Gasteiger partial charge on any atom is 0.509 e. The summed E-state index contributed by atoms with van der Waals surface area (Å²) < 4.78 is 11.2. The highest BCUT2D eigenvalue weighted by Crippen LogP contribution is 2.57. The molecule has 116 valence electrons. The van der Waals surface area contributed by atoms with Crippen molar-refractivity contribution >= 4 is 16.9 Å². The van der Waals surface area contributed by atoms with E-state index in [1.165, 1.54) is 33.0 Å². The molecule has 0 spiro atoms. The van der Waals surface area contributed by atoms with Crippen molar-refractivity contribution in [1.82, 2.24) is 0 Å². The molecule has 3 aromatic rings. The van der Waals surface area contributed by atoms with Gasteiger partial charge < -0.3 is 9.47 Å². The summed E-state index contributed by atoms with van der Waals surface area (Å²) >= 11 is 0. The number of hydrogen-bond acceptors (Lipinski definition) is 3. The van der Waals surface area contributed by atoms with Crippen LogP contribution >= 0.6 is 0 Å². The topological polar surface area (TPSA) is 35.5 Å². The van der Waals surface area contributed by atoms with Gasteiger partial charge in [-0.05, 0) is 33.0 Å².